The first-order valence-corrected chi connectivity index (χ1v) is 10.4. The molecule has 1 aliphatic heterocycles. The number of carbonyl (C=O) groups excluding carboxylic acids is 1. The maximum atomic E-state index is 11.5. The van der Waals surface area contributed by atoms with Crippen LogP contribution in [-0.4, -0.2) is 23.7 Å². The Bertz CT molecular complexity index is 1010. The summed E-state index contributed by atoms with van der Waals surface area (Å²) in [5, 5.41) is 2.52. The molecule has 0 radical (unpaired) electrons. The molecule has 26 heavy (non-hydrogen) atoms. The average Bonchev–Trinajstić information content (AvgIpc) is 2.97. The molecule has 0 saturated heterocycles. The van der Waals surface area contributed by atoms with E-state index in [0.29, 0.717) is 11.4 Å². The first-order chi connectivity index (χ1) is 12.6. The van der Waals surface area contributed by atoms with Gasteiger partial charge >= 0.3 is 0 Å². The zero-order valence-electron chi connectivity index (χ0n) is 14.6. The van der Waals surface area contributed by atoms with Gasteiger partial charge in [-0.15, -0.1) is 0 Å². The minimum absolute atomic E-state index is 0.373. The van der Waals surface area contributed by atoms with Gasteiger partial charge in [0.25, 0.3) is 0 Å². The van der Waals surface area contributed by atoms with Crippen molar-refractivity contribution in [3.63, 3.8) is 0 Å². The molecule has 0 atom stereocenters. The predicted octanol–water partition coefficient (Wildman–Crippen LogP) is 5.76. The molecule has 0 amide bonds. The fourth-order valence-electron chi connectivity index (χ4n) is 3.93. The van der Waals surface area contributed by atoms with Gasteiger partial charge in [-0.2, -0.15) is 0 Å². The van der Waals surface area contributed by atoms with Gasteiger partial charge in [-0.3, -0.25) is 0 Å². The second-order valence-electron chi connectivity index (χ2n) is 6.37. The number of aromatic nitrogens is 1. The van der Waals surface area contributed by atoms with Crippen LogP contribution in [0.5, 0.6) is 0 Å². The number of rotatable bonds is 4. The van der Waals surface area contributed by atoms with Crippen LogP contribution in [0.15, 0.2) is 30.3 Å². The number of halogens is 2. The molecular weight excluding hydrogens is 387 g/mol. The highest BCUT2D eigenvalue weighted by Crippen LogP contribution is 2.46. The molecule has 0 spiro atoms. The molecule has 1 aliphatic rings. The van der Waals surface area contributed by atoms with Crippen molar-refractivity contribution >= 4 is 58.0 Å². The van der Waals surface area contributed by atoms with Gasteiger partial charge in [-0.25, -0.2) is 0 Å². The average molecular weight is 405 g/mol. The monoisotopic (exact) mass is 404 g/mol. The molecule has 6 heteroatoms. The molecule has 4 rings (SSSR count). The lowest BCUT2D eigenvalue weighted by atomic mass is 9.89. The van der Waals surface area contributed by atoms with Gasteiger partial charge in [0.2, 0.25) is 0 Å². The minimum atomic E-state index is 0.373. The van der Waals surface area contributed by atoms with E-state index in [1.807, 2.05) is 30.3 Å². The van der Waals surface area contributed by atoms with Gasteiger partial charge in [0.15, 0.2) is 0 Å². The fraction of sp³-hybridized carbons (Fsp3) is 0.250. The van der Waals surface area contributed by atoms with Crippen molar-refractivity contribution in [2.75, 3.05) is 17.1 Å². The molecule has 0 saturated carbocycles. The highest BCUT2D eigenvalue weighted by molar-refractivity contribution is 8.00. The maximum absolute atomic E-state index is 11.5. The lowest BCUT2D eigenvalue weighted by Crippen LogP contribution is -2.26. The van der Waals surface area contributed by atoms with Crippen LogP contribution in [0.4, 0.5) is 5.69 Å². The Hall–Kier alpha value is -1.62. The number of benzene rings is 2. The molecule has 0 bridgehead atoms. The lowest BCUT2D eigenvalue weighted by Gasteiger charge is -2.32. The molecule has 2 heterocycles. The third-order valence-electron chi connectivity index (χ3n) is 5.07. The Morgan fingerprint density at radius 1 is 1.19 bits per heavy atom. The summed E-state index contributed by atoms with van der Waals surface area (Å²) in [6.45, 7) is 3.84. The molecular formula is C20H18Cl2N2OS. The lowest BCUT2D eigenvalue weighted by molar-refractivity contribution is -0.107. The number of hydrogen-bond acceptors (Lipinski definition) is 3. The fourth-order valence-corrected chi connectivity index (χ4v) is 5.00. The van der Waals surface area contributed by atoms with Crippen LogP contribution in [0.3, 0.4) is 0 Å². The van der Waals surface area contributed by atoms with Gasteiger partial charge in [0.1, 0.15) is 11.4 Å². The van der Waals surface area contributed by atoms with Crippen LogP contribution in [0.2, 0.25) is 10.2 Å². The van der Waals surface area contributed by atoms with Gasteiger partial charge in [0, 0.05) is 36.2 Å². The van der Waals surface area contributed by atoms with E-state index in [-0.39, 0.29) is 0 Å². The smallest absolute Gasteiger partial charge is 0.124 e. The molecule has 0 fully saturated rings. The van der Waals surface area contributed by atoms with E-state index >= 15 is 0 Å². The number of anilines is 1. The Morgan fingerprint density at radius 3 is 2.58 bits per heavy atom. The van der Waals surface area contributed by atoms with Gasteiger partial charge in [-0.1, -0.05) is 47.3 Å². The number of carbonyl (C=O) groups is 1. The van der Waals surface area contributed by atoms with Gasteiger partial charge < -0.3 is 13.7 Å². The van der Waals surface area contributed by atoms with E-state index in [0.717, 1.165) is 57.7 Å². The second kappa shape index (κ2) is 6.84. The maximum Gasteiger partial charge on any atom is 0.124 e. The van der Waals surface area contributed by atoms with Crippen molar-refractivity contribution in [1.29, 1.82) is 0 Å². The SMILES string of the molecule is CSN1CCn2c(Cl)cc3c(-c4ccc(Cl)cc4)c(CC=O)c(C)c1c32. The summed E-state index contributed by atoms with van der Waals surface area (Å²) in [5.74, 6) is 0. The van der Waals surface area contributed by atoms with Crippen molar-refractivity contribution in [2.45, 2.75) is 19.9 Å². The van der Waals surface area contributed by atoms with Gasteiger partial charge in [0.05, 0.1) is 11.2 Å². The van der Waals surface area contributed by atoms with Crippen LogP contribution in [0, 0.1) is 6.92 Å². The first kappa shape index (κ1) is 17.8. The van der Waals surface area contributed by atoms with Crippen LogP contribution >= 0.6 is 35.1 Å². The van der Waals surface area contributed by atoms with E-state index in [2.05, 4.69) is 22.1 Å². The third kappa shape index (κ3) is 2.63. The van der Waals surface area contributed by atoms with Gasteiger partial charge in [-0.05, 0) is 47.4 Å². The number of hydrogen-bond donors (Lipinski definition) is 0. The quantitative estimate of drug-likeness (QED) is 0.407. The molecule has 2 aromatic carbocycles. The molecule has 0 N–H and O–H groups in total. The summed E-state index contributed by atoms with van der Waals surface area (Å²) in [5.41, 5.74) is 6.64. The predicted molar refractivity (Wildman–Crippen MR) is 113 cm³/mol. The summed E-state index contributed by atoms with van der Waals surface area (Å²) >= 11 is 14.4. The standard InChI is InChI=1S/C20H18Cl2N2OS/c1-12-15(7-10-25)18(13-3-5-14(21)6-4-13)16-11-17(22)23-8-9-24(26-2)19(12)20(16)23/h3-6,10-11H,7-9H2,1-2H3. The summed E-state index contributed by atoms with van der Waals surface area (Å²) in [6, 6.07) is 9.81. The highest BCUT2D eigenvalue weighted by atomic mass is 35.5. The van der Waals surface area contributed by atoms with Crippen molar-refractivity contribution in [2.24, 2.45) is 0 Å². The zero-order valence-corrected chi connectivity index (χ0v) is 16.9. The molecule has 134 valence electrons. The second-order valence-corrected chi connectivity index (χ2v) is 8.00. The van der Waals surface area contributed by atoms with Crippen molar-refractivity contribution < 1.29 is 4.79 Å². The Morgan fingerprint density at radius 2 is 1.92 bits per heavy atom. The van der Waals surface area contributed by atoms with Crippen LogP contribution in [-0.2, 0) is 17.8 Å². The normalized spacial score (nSPS) is 13.5. The molecule has 3 nitrogen and oxygen atoms in total. The van der Waals surface area contributed by atoms with E-state index in [9.17, 15) is 4.79 Å². The summed E-state index contributed by atoms with van der Waals surface area (Å²) < 4.78 is 4.48. The summed E-state index contributed by atoms with van der Waals surface area (Å²) in [4.78, 5) is 11.5. The van der Waals surface area contributed by atoms with E-state index in [1.165, 1.54) is 5.69 Å². The van der Waals surface area contributed by atoms with Crippen LogP contribution < -0.4 is 4.31 Å². The van der Waals surface area contributed by atoms with Crippen LogP contribution in [0.1, 0.15) is 11.1 Å². The van der Waals surface area contributed by atoms with E-state index < -0.39 is 0 Å². The Balaban J connectivity index is 2.15. The van der Waals surface area contributed by atoms with Crippen molar-refractivity contribution in [1.82, 2.24) is 4.57 Å². The topological polar surface area (TPSA) is 25.2 Å². The van der Waals surface area contributed by atoms with Crippen molar-refractivity contribution in [3.8, 4) is 11.1 Å². The Kier molecular flexibility index (Phi) is 4.68. The number of aldehydes is 1. The third-order valence-corrected chi connectivity index (χ3v) is 6.44. The molecule has 0 unspecified atom stereocenters. The highest BCUT2D eigenvalue weighted by Gasteiger charge is 2.28. The summed E-state index contributed by atoms with van der Waals surface area (Å²) in [6.07, 6.45) is 3.43. The molecule has 1 aromatic heterocycles. The molecule has 0 aliphatic carbocycles. The number of nitrogens with zero attached hydrogens (tertiary/aromatic N) is 2. The van der Waals surface area contributed by atoms with E-state index in [1.54, 1.807) is 11.9 Å². The minimum Gasteiger partial charge on any atom is -0.328 e. The largest absolute Gasteiger partial charge is 0.328 e. The summed E-state index contributed by atoms with van der Waals surface area (Å²) in [7, 11) is 0. The Labute approximate surface area is 167 Å². The van der Waals surface area contributed by atoms with Crippen LogP contribution in [0.25, 0.3) is 22.0 Å². The molecule has 3 aromatic rings. The van der Waals surface area contributed by atoms with Crippen molar-refractivity contribution in [3.05, 3.63) is 51.6 Å². The zero-order chi connectivity index (χ0) is 18.4. The van der Waals surface area contributed by atoms with E-state index in [4.69, 9.17) is 23.2 Å². The first-order valence-electron chi connectivity index (χ1n) is 8.42.